The average molecular weight is 441 g/mol. The van der Waals surface area contributed by atoms with Crippen LogP contribution in [0.3, 0.4) is 0 Å². The largest absolute Gasteiger partial charge is 0.494 e. The van der Waals surface area contributed by atoms with Crippen LogP contribution in [0.25, 0.3) is 16.6 Å². The number of hydrogen-bond donors (Lipinski definition) is 0. The number of fused-ring (bicyclic) bond motifs is 1. The SMILES string of the molecule is C=CCN(C)CCCCOc1ccc2c(c1)c(C)c(C)n2-c1ccc(Br)cc1. The van der Waals surface area contributed by atoms with E-state index in [0.717, 1.165) is 42.8 Å². The van der Waals surface area contributed by atoms with Crippen LogP contribution in [0.1, 0.15) is 24.1 Å². The summed E-state index contributed by atoms with van der Waals surface area (Å²) in [6.45, 7) is 10.9. The number of hydrogen-bond acceptors (Lipinski definition) is 2. The molecule has 3 nitrogen and oxygen atoms in total. The van der Waals surface area contributed by atoms with Crippen molar-refractivity contribution in [3.63, 3.8) is 0 Å². The lowest BCUT2D eigenvalue weighted by molar-refractivity contribution is 0.288. The van der Waals surface area contributed by atoms with Crippen LogP contribution in [0.5, 0.6) is 5.75 Å². The number of benzene rings is 2. The summed E-state index contributed by atoms with van der Waals surface area (Å²) in [5.74, 6) is 0.947. The first kappa shape index (κ1) is 20.7. The first-order valence-electron chi connectivity index (χ1n) is 9.81. The lowest BCUT2D eigenvalue weighted by atomic mass is 10.1. The summed E-state index contributed by atoms with van der Waals surface area (Å²) in [6.07, 6.45) is 4.12. The lowest BCUT2D eigenvalue weighted by Gasteiger charge is -2.14. The van der Waals surface area contributed by atoms with Crippen LogP contribution < -0.4 is 4.74 Å². The molecule has 2 aromatic carbocycles. The van der Waals surface area contributed by atoms with Gasteiger partial charge in [-0.1, -0.05) is 22.0 Å². The molecular formula is C24H29BrN2O. The van der Waals surface area contributed by atoms with Crippen LogP contribution in [0.15, 0.2) is 59.6 Å². The van der Waals surface area contributed by atoms with E-state index >= 15 is 0 Å². The summed E-state index contributed by atoms with van der Waals surface area (Å²) >= 11 is 3.52. The van der Waals surface area contributed by atoms with Crippen LogP contribution in [0.4, 0.5) is 0 Å². The Balaban J connectivity index is 1.71. The highest BCUT2D eigenvalue weighted by Gasteiger charge is 2.13. The quantitative estimate of drug-likeness (QED) is 0.287. The van der Waals surface area contributed by atoms with Crippen molar-refractivity contribution in [3.8, 4) is 11.4 Å². The minimum Gasteiger partial charge on any atom is -0.494 e. The Morgan fingerprint density at radius 1 is 1.11 bits per heavy atom. The molecule has 1 aromatic heterocycles. The number of unbranched alkanes of at least 4 members (excludes halogenated alkanes) is 1. The normalized spacial score (nSPS) is 11.3. The van der Waals surface area contributed by atoms with E-state index in [1.807, 2.05) is 6.08 Å². The van der Waals surface area contributed by atoms with E-state index in [2.05, 4.69) is 95.3 Å². The van der Waals surface area contributed by atoms with Gasteiger partial charge in [-0.25, -0.2) is 0 Å². The van der Waals surface area contributed by atoms with Crippen molar-refractivity contribution < 1.29 is 4.74 Å². The molecule has 0 atom stereocenters. The van der Waals surface area contributed by atoms with Gasteiger partial charge in [-0.3, -0.25) is 0 Å². The van der Waals surface area contributed by atoms with Gasteiger partial charge in [0, 0.05) is 27.8 Å². The van der Waals surface area contributed by atoms with E-state index in [1.165, 1.54) is 27.8 Å². The Kier molecular flexibility index (Phi) is 6.97. The van der Waals surface area contributed by atoms with Gasteiger partial charge in [-0.15, -0.1) is 6.58 Å². The highest BCUT2D eigenvalue weighted by molar-refractivity contribution is 9.10. The molecule has 3 rings (SSSR count). The molecule has 0 saturated carbocycles. The lowest BCUT2D eigenvalue weighted by Crippen LogP contribution is -2.19. The highest BCUT2D eigenvalue weighted by atomic mass is 79.9. The van der Waals surface area contributed by atoms with Gasteiger partial charge < -0.3 is 14.2 Å². The Hall–Kier alpha value is -2.04. The van der Waals surface area contributed by atoms with E-state index in [4.69, 9.17) is 4.74 Å². The number of nitrogens with zero attached hydrogens (tertiary/aromatic N) is 2. The predicted molar refractivity (Wildman–Crippen MR) is 123 cm³/mol. The maximum atomic E-state index is 6.03. The van der Waals surface area contributed by atoms with Crippen LogP contribution in [-0.2, 0) is 0 Å². The molecule has 0 amide bonds. The molecule has 0 unspecified atom stereocenters. The van der Waals surface area contributed by atoms with Crippen molar-refractivity contribution in [2.24, 2.45) is 0 Å². The molecule has 0 aliphatic rings. The fourth-order valence-corrected chi connectivity index (χ4v) is 3.82. The van der Waals surface area contributed by atoms with E-state index in [1.54, 1.807) is 0 Å². The molecule has 3 aromatic rings. The summed E-state index contributed by atoms with van der Waals surface area (Å²) in [5, 5.41) is 1.25. The number of likely N-dealkylation sites (N-methyl/N-ethyl adjacent to an activating group) is 1. The van der Waals surface area contributed by atoms with E-state index in [9.17, 15) is 0 Å². The van der Waals surface area contributed by atoms with E-state index < -0.39 is 0 Å². The smallest absolute Gasteiger partial charge is 0.120 e. The van der Waals surface area contributed by atoms with Crippen LogP contribution in [-0.4, -0.2) is 36.2 Å². The summed E-state index contributed by atoms with van der Waals surface area (Å²) in [5.41, 5.74) is 4.96. The molecule has 0 radical (unpaired) electrons. The van der Waals surface area contributed by atoms with Crippen LogP contribution >= 0.6 is 15.9 Å². The van der Waals surface area contributed by atoms with Gasteiger partial charge in [0.1, 0.15) is 5.75 Å². The van der Waals surface area contributed by atoms with Crippen molar-refractivity contribution in [1.29, 1.82) is 0 Å². The second-order valence-electron chi connectivity index (χ2n) is 7.31. The summed E-state index contributed by atoms with van der Waals surface area (Å²) < 4.78 is 9.43. The predicted octanol–water partition coefficient (Wildman–Crippen LogP) is 6.29. The van der Waals surface area contributed by atoms with Gasteiger partial charge in [0.05, 0.1) is 12.1 Å². The molecule has 0 fully saturated rings. The third-order valence-corrected chi connectivity index (χ3v) is 5.75. The standard InChI is InChI=1S/C24H29BrN2O/c1-5-14-26(4)15-6-7-16-28-22-12-13-24-23(17-22)18(2)19(3)27(24)21-10-8-20(25)9-11-21/h5,8-13,17H,1,6-7,14-16H2,2-4H3. The van der Waals surface area contributed by atoms with Gasteiger partial charge in [0.2, 0.25) is 0 Å². The molecule has 0 bridgehead atoms. The fraction of sp³-hybridized carbons (Fsp3) is 0.333. The van der Waals surface area contributed by atoms with E-state index in [0.29, 0.717) is 0 Å². The zero-order chi connectivity index (χ0) is 20.1. The molecule has 0 aliphatic heterocycles. The average Bonchev–Trinajstić information content (AvgIpc) is 2.93. The molecule has 4 heteroatoms. The van der Waals surface area contributed by atoms with Gasteiger partial charge in [0.25, 0.3) is 0 Å². The molecular weight excluding hydrogens is 412 g/mol. The number of halogens is 1. The fourth-order valence-electron chi connectivity index (χ4n) is 3.55. The van der Waals surface area contributed by atoms with Crippen LogP contribution in [0.2, 0.25) is 0 Å². The Morgan fingerprint density at radius 3 is 2.57 bits per heavy atom. The Labute approximate surface area is 176 Å². The van der Waals surface area contributed by atoms with E-state index in [-0.39, 0.29) is 0 Å². The summed E-state index contributed by atoms with van der Waals surface area (Å²) in [4.78, 5) is 2.27. The second-order valence-corrected chi connectivity index (χ2v) is 8.22. The number of aromatic nitrogens is 1. The second kappa shape index (κ2) is 9.44. The van der Waals surface area contributed by atoms with Crippen molar-refractivity contribution in [3.05, 3.63) is 70.8 Å². The van der Waals surface area contributed by atoms with Gasteiger partial charge in [-0.05, 0) is 88.3 Å². The Bertz CT molecular complexity index is 943. The minimum atomic E-state index is 0.749. The van der Waals surface area contributed by atoms with Gasteiger partial charge >= 0.3 is 0 Å². The number of ether oxygens (including phenoxy) is 1. The third-order valence-electron chi connectivity index (χ3n) is 5.22. The molecule has 0 aliphatic carbocycles. The third kappa shape index (κ3) is 4.68. The first-order chi connectivity index (χ1) is 13.5. The topological polar surface area (TPSA) is 17.4 Å². The summed E-state index contributed by atoms with van der Waals surface area (Å²) in [7, 11) is 2.12. The van der Waals surface area contributed by atoms with Crippen LogP contribution in [0, 0.1) is 13.8 Å². The summed E-state index contributed by atoms with van der Waals surface area (Å²) in [6, 6.07) is 14.9. The van der Waals surface area contributed by atoms with Gasteiger partial charge in [-0.2, -0.15) is 0 Å². The monoisotopic (exact) mass is 440 g/mol. The zero-order valence-electron chi connectivity index (χ0n) is 17.0. The molecule has 148 valence electrons. The maximum absolute atomic E-state index is 6.03. The molecule has 28 heavy (non-hydrogen) atoms. The molecule has 0 spiro atoms. The van der Waals surface area contributed by atoms with Crippen molar-refractivity contribution in [2.75, 3.05) is 26.7 Å². The molecule has 1 heterocycles. The first-order valence-corrected chi connectivity index (χ1v) is 10.6. The number of rotatable bonds is 9. The molecule has 0 N–H and O–H groups in total. The maximum Gasteiger partial charge on any atom is 0.120 e. The Morgan fingerprint density at radius 2 is 1.86 bits per heavy atom. The van der Waals surface area contributed by atoms with Crippen molar-refractivity contribution in [2.45, 2.75) is 26.7 Å². The minimum absolute atomic E-state index is 0.749. The van der Waals surface area contributed by atoms with Crippen molar-refractivity contribution in [1.82, 2.24) is 9.47 Å². The van der Waals surface area contributed by atoms with Crippen molar-refractivity contribution >= 4 is 26.8 Å². The highest BCUT2D eigenvalue weighted by Crippen LogP contribution is 2.31. The van der Waals surface area contributed by atoms with Gasteiger partial charge in [0.15, 0.2) is 0 Å². The zero-order valence-corrected chi connectivity index (χ0v) is 18.6. The number of aryl methyl sites for hydroxylation is 1. The molecule has 0 saturated heterocycles.